The molecule has 0 atom stereocenters. The van der Waals surface area contributed by atoms with Crippen LogP contribution in [0.15, 0.2) is 59.8 Å². The van der Waals surface area contributed by atoms with E-state index in [0.717, 1.165) is 11.0 Å². The number of benzene rings is 2. The van der Waals surface area contributed by atoms with Crippen molar-refractivity contribution in [3.05, 3.63) is 66.0 Å². The third kappa shape index (κ3) is 2.26. The number of carbonyl (C=O) groups is 1. The molecule has 2 aromatic carbocycles. The van der Waals surface area contributed by atoms with Crippen LogP contribution in [-0.2, 0) is 6.54 Å². The second kappa shape index (κ2) is 5.81. The van der Waals surface area contributed by atoms with E-state index in [4.69, 9.17) is 0 Å². The summed E-state index contributed by atoms with van der Waals surface area (Å²) in [5, 5.41) is 12.6. The fourth-order valence-corrected chi connectivity index (χ4v) is 2.49. The molecule has 1 heterocycles. The van der Waals surface area contributed by atoms with E-state index in [1.54, 1.807) is 24.3 Å². The Bertz CT molecular complexity index is 851. The highest BCUT2D eigenvalue weighted by Gasteiger charge is 2.23. The van der Waals surface area contributed by atoms with E-state index in [0.29, 0.717) is 17.9 Å². The van der Waals surface area contributed by atoms with Gasteiger partial charge in [0.1, 0.15) is 0 Å². The monoisotopic (exact) mass is 293 g/mol. The number of Topliss-reactive ketones (excluding diaryl/α,β-unsaturated/α-hetero) is 1. The second-order valence-corrected chi connectivity index (χ2v) is 4.81. The summed E-state index contributed by atoms with van der Waals surface area (Å²) in [5.74, 6) is 0.0214. The summed E-state index contributed by atoms with van der Waals surface area (Å²) in [6.45, 7) is 2.58. The SMILES string of the molecule is CCn1c(C(=NO)C(=O)c2ccccc2)nc2ccccc21. The second-order valence-electron chi connectivity index (χ2n) is 4.81. The predicted octanol–water partition coefficient (Wildman–Crippen LogP) is 3.12. The summed E-state index contributed by atoms with van der Waals surface area (Å²) in [6.07, 6.45) is 0. The minimum Gasteiger partial charge on any atom is -0.410 e. The molecule has 0 spiro atoms. The van der Waals surface area contributed by atoms with Gasteiger partial charge in [0.05, 0.1) is 11.0 Å². The maximum Gasteiger partial charge on any atom is 0.218 e. The third-order valence-corrected chi connectivity index (χ3v) is 3.53. The molecule has 110 valence electrons. The Morgan fingerprint density at radius 3 is 2.50 bits per heavy atom. The number of hydrogen-bond acceptors (Lipinski definition) is 4. The Balaban J connectivity index is 2.14. The van der Waals surface area contributed by atoms with Crippen LogP contribution in [0.4, 0.5) is 0 Å². The highest BCUT2D eigenvalue weighted by Crippen LogP contribution is 2.18. The summed E-state index contributed by atoms with van der Waals surface area (Å²) in [7, 11) is 0. The molecule has 3 aromatic rings. The zero-order valence-electron chi connectivity index (χ0n) is 12.1. The smallest absolute Gasteiger partial charge is 0.218 e. The first-order valence-corrected chi connectivity index (χ1v) is 7.03. The van der Waals surface area contributed by atoms with Gasteiger partial charge in [0.15, 0.2) is 11.5 Å². The van der Waals surface area contributed by atoms with Crippen LogP contribution in [0, 0.1) is 0 Å². The van der Waals surface area contributed by atoms with Gasteiger partial charge >= 0.3 is 0 Å². The topological polar surface area (TPSA) is 67.5 Å². The highest BCUT2D eigenvalue weighted by atomic mass is 16.4. The first-order chi connectivity index (χ1) is 10.8. The lowest BCUT2D eigenvalue weighted by molar-refractivity contribution is 0.106. The number of oxime groups is 1. The van der Waals surface area contributed by atoms with Crippen molar-refractivity contribution in [3.63, 3.8) is 0 Å². The maximum atomic E-state index is 12.6. The molecule has 1 N–H and O–H groups in total. The van der Waals surface area contributed by atoms with E-state index in [2.05, 4.69) is 10.1 Å². The third-order valence-electron chi connectivity index (χ3n) is 3.53. The summed E-state index contributed by atoms with van der Waals surface area (Å²) in [6, 6.07) is 16.3. The molecule has 0 saturated carbocycles. The largest absolute Gasteiger partial charge is 0.410 e. The first kappa shape index (κ1) is 14.0. The van der Waals surface area contributed by atoms with Crippen LogP contribution in [0.3, 0.4) is 0 Å². The Hall–Kier alpha value is -2.95. The summed E-state index contributed by atoms with van der Waals surface area (Å²) >= 11 is 0. The fraction of sp³-hybridized carbons (Fsp3) is 0.118. The number of carbonyl (C=O) groups excluding carboxylic acids is 1. The molecule has 0 saturated heterocycles. The van der Waals surface area contributed by atoms with Crippen LogP contribution < -0.4 is 0 Å². The average molecular weight is 293 g/mol. The van der Waals surface area contributed by atoms with Crippen molar-refractivity contribution in [1.82, 2.24) is 9.55 Å². The summed E-state index contributed by atoms with van der Waals surface area (Å²) in [4.78, 5) is 17.0. The lowest BCUT2D eigenvalue weighted by Gasteiger charge is -2.07. The number of ketones is 1. The van der Waals surface area contributed by atoms with Crippen molar-refractivity contribution in [2.24, 2.45) is 5.16 Å². The van der Waals surface area contributed by atoms with Crippen molar-refractivity contribution < 1.29 is 10.0 Å². The van der Waals surface area contributed by atoms with Crippen LogP contribution >= 0.6 is 0 Å². The maximum absolute atomic E-state index is 12.6. The minimum atomic E-state index is -0.354. The van der Waals surface area contributed by atoms with Crippen LogP contribution in [0.2, 0.25) is 0 Å². The van der Waals surface area contributed by atoms with Gasteiger partial charge in [0, 0.05) is 12.1 Å². The Labute approximate surface area is 127 Å². The van der Waals surface area contributed by atoms with E-state index < -0.39 is 0 Å². The lowest BCUT2D eigenvalue weighted by Crippen LogP contribution is -2.20. The van der Waals surface area contributed by atoms with Gasteiger partial charge in [-0.25, -0.2) is 4.98 Å². The predicted molar refractivity (Wildman–Crippen MR) is 84.5 cm³/mol. The molecule has 0 amide bonds. The van der Waals surface area contributed by atoms with Gasteiger partial charge < -0.3 is 9.77 Å². The van der Waals surface area contributed by atoms with Gasteiger partial charge in [-0.05, 0) is 19.1 Å². The Morgan fingerprint density at radius 1 is 1.14 bits per heavy atom. The number of aryl methyl sites for hydroxylation is 1. The van der Waals surface area contributed by atoms with Gasteiger partial charge in [0.2, 0.25) is 5.78 Å². The van der Waals surface area contributed by atoms with Gasteiger partial charge in [0.25, 0.3) is 0 Å². The highest BCUT2D eigenvalue weighted by molar-refractivity contribution is 6.50. The molecule has 22 heavy (non-hydrogen) atoms. The van der Waals surface area contributed by atoms with E-state index in [9.17, 15) is 10.0 Å². The van der Waals surface area contributed by atoms with Crippen molar-refractivity contribution >= 4 is 22.5 Å². The van der Waals surface area contributed by atoms with Crippen molar-refractivity contribution in [2.45, 2.75) is 13.5 Å². The number of aromatic nitrogens is 2. The van der Waals surface area contributed by atoms with Gasteiger partial charge in [-0.3, -0.25) is 4.79 Å². The van der Waals surface area contributed by atoms with Gasteiger partial charge in [-0.2, -0.15) is 0 Å². The average Bonchev–Trinajstić information content (AvgIpc) is 2.94. The molecule has 0 aliphatic heterocycles. The Morgan fingerprint density at radius 2 is 1.82 bits per heavy atom. The molecule has 1 aromatic heterocycles. The summed E-state index contributed by atoms with van der Waals surface area (Å²) < 4.78 is 1.87. The van der Waals surface area contributed by atoms with Crippen molar-refractivity contribution in [2.75, 3.05) is 0 Å². The number of rotatable bonds is 4. The zero-order valence-corrected chi connectivity index (χ0v) is 12.1. The van der Waals surface area contributed by atoms with Crippen LogP contribution in [-0.4, -0.2) is 26.3 Å². The Kier molecular flexibility index (Phi) is 3.70. The van der Waals surface area contributed by atoms with E-state index in [-0.39, 0.29) is 11.5 Å². The number of imidazole rings is 1. The molecule has 0 unspecified atom stereocenters. The molecule has 3 rings (SSSR count). The fourth-order valence-electron chi connectivity index (χ4n) is 2.49. The normalized spacial score (nSPS) is 11.8. The first-order valence-electron chi connectivity index (χ1n) is 7.03. The number of para-hydroxylation sites is 2. The molecule has 5 heteroatoms. The molecule has 0 aliphatic rings. The minimum absolute atomic E-state index is 0.0516. The van der Waals surface area contributed by atoms with Crippen LogP contribution in [0.1, 0.15) is 23.1 Å². The van der Waals surface area contributed by atoms with E-state index in [1.807, 2.05) is 41.8 Å². The number of nitrogens with zero attached hydrogens (tertiary/aromatic N) is 3. The van der Waals surface area contributed by atoms with Crippen molar-refractivity contribution in [1.29, 1.82) is 0 Å². The standard InChI is InChI=1S/C17H15N3O2/c1-2-20-14-11-7-6-10-13(14)18-17(20)15(19-22)16(21)12-8-4-3-5-9-12/h3-11,22H,2H2,1H3. The molecular formula is C17H15N3O2. The van der Waals surface area contributed by atoms with Gasteiger partial charge in [-0.15, -0.1) is 0 Å². The molecule has 0 aliphatic carbocycles. The molecular weight excluding hydrogens is 278 g/mol. The molecule has 0 bridgehead atoms. The summed E-state index contributed by atoms with van der Waals surface area (Å²) in [5.41, 5.74) is 2.08. The van der Waals surface area contributed by atoms with Crippen molar-refractivity contribution in [3.8, 4) is 0 Å². The number of hydrogen-bond donors (Lipinski definition) is 1. The molecule has 0 radical (unpaired) electrons. The number of fused-ring (bicyclic) bond motifs is 1. The van der Waals surface area contributed by atoms with Crippen LogP contribution in [0.25, 0.3) is 11.0 Å². The lowest BCUT2D eigenvalue weighted by atomic mass is 10.1. The molecule has 0 fully saturated rings. The van der Waals surface area contributed by atoms with E-state index in [1.165, 1.54) is 0 Å². The quantitative estimate of drug-likeness (QED) is 0.348. The van der Waals surface area contributed by atoms with Crippen LogP contribution in [0.5, 0.6) is 0 Å². The molecule has 5 nitrogen and oxygen atoms in total. The van der Waals surface area contributed by atoms with Gasteiger partial charge in [-0.1, -0.05) is 47.6 Å². The van der Waals surface area contributed by atoms with E-state index >= 15 is 0 Å². The zero-order chi connectivity index (χ0) is 15.5.